The van der Waals surface area contributed by atoms with Crippen LogP contribution < -0.4 is 10.6 Å². The summed E-state index contributed by atoms with van der Waals surface area (Å²) in [5.41, 5.74) is 2.61. The average molecular weight is 530 g/mol. The quantitative estimate of drug-likeness (QED) is 0.323. The number of ether oxygens (including phenoxy) is 1. The van der Waals surface area contributed by atoms with Gasteiger partial charge >= 0.3 is 0 Å². The van der Waals surface area contributed by atoms with E-state index in [4.69, 9.17) is 9.73 Å². The third kappa shape index (κ3) is 7.66. The van der Waals surface area contributed by atoms with Crippen molar-refractivity contribution < 1.29 is 4.74 Å². The predicted octanol–water partition coefficient (Wildman–Crippen LogP) is 2.92. The topological polar surface area (TPSA) is 52.1 Å². The van der Waals surface area contributed by atoms with Gasteiger partial charge in [0.1, 0.15) is 0 Å². The molecule has 3 rings (SSSR count). The van der Waals surface area contributed by atoms with E-state index in [1.54, 1.807) is 0 Å². The molecule has 0 saturated carbocycles. The molecule has 0 aliphatic carbocycles. The van der Waals surface area contributed by atoms with Crippen LogP contribution in [0.2, 0.25) is 0 Å². The van der Waals surface area contributed by atoms with Gasteiger partial charge in [-0.2, -0.15) is 0 Å². The summed E-state index contributed by atoms with van der Waals surface area (Å²) >= 11 is 0. The summed E-state index contributed by atoms with van der Waals surface area (Å²) in [5.74, 6) is 1.55. The molecule has 0 spiro atoms. The molecule has 2 saturated heterocycles. The van der Waals surface area contributed by atoms with E-state index in [0.29, 0.717) is 24.5 Å². The average Bonchev–Trinajstić information content (AvgIpc) is 3.09. The number of guanidine groups is 1. The van der Waals surface area contributed by atoms with Crippen molar-refractivity contribution in [1.29, 1.82) is 0 Å². The Kier molecular flexibility index (Phi) is 10.8. The summed E-state index contributed by atoms with van der Waals surface area (Å²) < 4.78 is 5.43. The molecule has 2 unspecified atom stereocenters. The van der Waals surface area contributed by atoms with Crippen LogP contribution in [0.25, 0.3) is 0 Å². The number of hydrogen-bond acceptors (Lipinski definition) is 4. The van der Waals surface area contributed by atoms with Gasteiger partial charge in [-0.05, 0) is 37.8 Å². The largest absolute Gasteiger partial charge is 0.379 e. The molecule has 30 heavy (non-hydrogen) atoms. The van der Waals surface area contributed by atoms with Gasteiger partial charge in [0.25, 0.3) is 0 Å². The van der Waals surface area contributed by atoms with E-state index in [9.17, 15) is 0 Å². The minimum absolute atomic E-state index is 0. The zero-order valence-corrected chi connectivity index (χ0v) is 21.4. The molecule has 0 amide bonds. The lowest BCUT2D eigenvalue weighted by Crippen LogP contribution is -2.46. The fraction of sp³-hybridized carbons (Fsp3) is 0.696. The van der Waals surface area contributed by atoms with E-state index in [1.807, 2.05) is 0 Å². The minimum Gasteiger partial charge on any atom is -0.379 e. The fourth-order valence-electron chi connectivity index (χ4n) is 4.05. The number of rotatable bonds is 7. The first-order valence-corrected chi connectivity index (χ1v) is 11.2. The Labute approximate surface area is 199 Å². The van der Waals surface area contributed by atoms with Gasteiger partial charge in [0.2, 0.25) is 0 Å². The molecule has 0 aromatic heterocycles. The molecule has 6 nitrogen and oxygen atoms in total. The van der Waals surface area contributed by atoms with E-state index in [1.165, 1.54) is 11.1 Å². The second-order valence-electron chi connectivity index (χ2n) is 8.68. The highest BCUT2D eigenvalue weighted by atomic mass is 127. The first-order chi connectivity index (χ1) is 14.0. The molecule has 1 aromatic rings. The number of benzene rings is 1. The van der Waals surface area contributed by atoms with Crippen molar-refractivity contribution in [3.05, 3.63) is 35.4 Å². The molecule has 7 heteroatoms. The number of morpholine rings is 1. The Morgan fingerprint density at radius 1 is 1.13 bits per heavy atom. The maximum atomic E-state index is 5.43. The lowest BCUT2D eigenvalue weighted by atomic mass is 10.1. The first-order valence-electron chi connectivity index (χ1n) is 11.2. The highest BCUT2D eigenvalue weighted by Crippen LogP contribution is 2.18. The summed E-state index contributed by atoms with van der Waals surface area (Å²) in [4.78, 5) is 9.84. The summed E-state index contributed by atoms with van der Waals surface area (Å²) in [6.07, 6.45) is 0. The van der Waals surface area contributed by atoms with Crippen molar-refractivity contribution in [3.8, 4) is 0 Å². The molecule has 2 heterocycles. The molecule has 2 fully saturated rings. The van der Waals surface area contributed by atoms with Gasteiger partial charge in [-0.3, -0.25) is 9.80 Å². The molecule has 2 N–H and O–H groups in total. The number of nitrogens with zero attached hydrogens (tertiary/aromatic N) is 3. The summed E-state index contributed by atoms with van der Waals surface area (Å²) in [6, 6.07) is 9.94. The lowest BCUT2D eigenvalue weighted by Gasteiger charge is -2.26. The van der Waals surface area contributed by atoms with E-state index in [0.717, 1.165) is 58.4 Å². The first kappa shape index (κ1) is 25.4. The van der Waals surface area contributed by atoms with Crippen LogP contribution in [-0.2, 0) is 17.8 Å². The predicted molar refractivity (Wildman–Crippen MR) is 136 cm³/mol. The third-order valence-electron chi connectivity index (χ3n) is 5.99. The minimum atomic E-state index is 0. The Morgan fingerprint density at radius 3 is 2.40 bits per heavy atom. The Hall–Kier alpha value is -0.900. The highest BCUT2D eigenvalue weighted by molar-refractivity contribution is 14.0. The molecule has 2 aliphatic rings. The summed E-state index contributed by atoms with van der Waals surface area (Å²) in [7, 11) is 0. The van der Waals surface area contributed by atoms with Crippen molar-refractivity contribution in [2.45, 2.75) is 52.9 Å². The fourth-order valence-corrected chi connectivity index (χ4v) is 4.05. The molecule has 2 atom stereocenters. The molecular formula is C23H40IN5O. The molecule has 170 valence electrons. The second kappa shape index (κ2) is 12.8. The van der Waals surface area contributed by atoms with Gasteiger partial charge in [-0.15, -0.1) is 24.0 Å². The van der Waals surface area contributed by atoms with E-state index in [-0.39, 0.29) is 24.0 Å². The van der Waals surface area contributed by atoms with Crippen LogP contribution in [0.3, 0.4) is 0 Å². The van der Waals surface area contributed by atoms with Gasteiger partial charge in [0.15, 0.2) is 5.96 Å². The van der Waals surface area contributed by atoms with Crippen molar-refractivity contribution >= 4 is 29.9 Å². The van der Waals surface area contributed by atoms with Gasteiger partial charge in [0, 0.05) is 51.4 Å². The molecule has 0 radical (unpaired) electrons. The third-order valence-corrected chi connectivity index (χ3v) is 5.99. The van der Waals surface area contributed by atoms with E-state index in [2.05, 4.69) is 72.4 Å². The lowest BCUT2D eigenvalue weighted by molar-refractivity contribution is 0.0342. The van der Waals surface area contributed by atoms with Crippen LogP contribution in [0, 0.1) is 5.92 Å². The maximum absolute atomic E-state index is 5.43. The zero-order chi connectivity index (χ0) is 20.6. The van der Waals surface area contributed by atoms with Crippen molar-refractivity contribution in [2.75, 3.05) is 45.9 Å². The molecule has 2 aliphatic heterocycles. The Balaban J connectivity index is 0.00000320. The van der Waals surface area contributed by atoms with Gasteiger partial charge in [-0.25, -0.2) is 4.99 Å². The number of hydrogen-bond donors (Lipinski definition) is 2. The monoisotopic (exact) mass is 529 g/mol. The van der Waals surface area contributed by atoms with Gasteiger partial charge < -0.3 is 15.4 Å². The van der Waals surface area contributed by atoms with Gasteiger partial charge in [0.05, 0.1) is 19.8 Å². The summed E-state index contributed by atoms with van der Waals surface area (Å²) in [6.45, 7) is 17.6. The number of aliphatic imine (C=N–C) groups is 1. The highest BCUT2D eigenvalue weighted by Gasteiger charge is 2.31. The van der Waals surface area contributed by atoms with Crippen molar-refractivity contribution in [2.24, 2.45) is 10.9 Å². The van der Waals surface area contributed by atoms with E-state index < -0.39 is 0 Å². The Morgan fingerprint density at radius 2 is 1.80 bits per heavy atom. The van der Waals surface area contributed by atoms with Crippen LogP contribution in [0.5, 0.6) is 0 Å². The summed E-state index contributed by atoms with van der Waals surface area (Å²) in [5, 5.41) is 7.08. The maximum Gasteiger partial charge on any atom is 0.191 e. The molecule has 0 bridgehead atoms. The zero-order valence-electron chi connectivity index (χ0n) is 19.1. The van der Waals surface area contributed by atoms with Crippen LogP contribution in [-0.4, -0.2) is 73.8 Å². The van der Waals surface area contributed by atoms with Crippen molar-refractivity contribution in [3.63, 3.8) is 0 Å². The van der Waals surface area contributed by atoms with Crippen LogP contribution in [0.15, 0.2) is 29.3 Å². The normalized spacial score (nSPS) is 23.4. The number of halogens is 1. The standard InChI is InChI=1S/C23H39N5O.HI/c1-5-24-23(26-22-17-28(18(2)3)15-19(22)4)25-14-20-6-8-21(9-7-20)16-27-10-12-29-13-11-27;/h6-9,18-19,22H,5,10-17H2,1-4H3,(H2,24,25,26);1H. The molecule has 1 aromatic carbocycles. The van der Waals surface area contributed by atoms with Crippen LogP contribution in [0.1, 0.15) is 38.8 Å². The van der Waals surface area contributed by atoms with Crippen LogP contribution in [0.4, 0.5) is 0 Å². The smallest absolute Gasteiger partial charge is 0.191 e. The Bertz CT molecular complexity index is 645. The second-order valence-corrected chi connectivity index (χ2v) is 8.68. The SMILES string of the molecule is CCNC(=NCc1ccc(CN2CCOCC2)cc1)NC1CN(C(C)C)CC1C.I. The number of likely N-dealkylation sites (tertiary alicyclic amines) is 1. The van der Waals surface area contributed by atoms with Crippen LogP contribution >= 0.6 is 24.0 Å². The number of nitrogens with one attached hydrogen (secondary N) is 2. The van der Waals surface area contributed by atoms with E-state index >= 15 is 0 Å². The van der Waals surface area contributed by atoms with Crippen molar-refractivity contribution in [1.82, 2.24) is 20.4 Å². The molecular weight excluding hydrogens is 489 g/mol. The van der Waals surface area contributed by atoms with Gasteiger partial charge in [-0.1, -0.05) is 31.2 Å².